The van der Waals surface area contributed by atoms with Gasteiger partial charge in [-0.3, -0.25) is 9.36 Å². The molecule has 1 aromatic heterocycles. The van der Waals surface area contributed by atoms with Crippen LogP contribution in [0.4, 0.5) is 13.2 Å². The van der Waals surface area contributed by atoms with E-state index in [0.29, 0.717) is 11.2 Å². The summed E-state index contributed by atoms with van der Waals surface area (Å²) in [6, 6.07) is 11.3. The first-order valence-electron chi connectivity index (χ1n) is 10.5. The fourth-order valence-electron chi connectivity index (χ4n) is 4.20. The first-order chi connectivity index (χ1) is 15.7. The van der Waals surface area contributed by atoms with Gasteiger partial charge in [0.05, 0.1) is 48.8 Å². The highest BCUT2D eigenvalue weighted by Gasteiger charge is 2.39. The number of carbonyl (C=O) groups excluding carboxylic acids is 1. The van der Waals surface area contributed by atoms with E-state index in [1.54, 1.807) is 23.0 Å². The summed E-state index contributed by atoms with van der Waals surface area (Å²) < 4.78 is 50.3. The Balaban J connectivity index is 1.73. The molecule has 2 aromatic carbocycles. The highest BCUT2D eigenvalue weighted by molar-refractivity contribution is 6.02. The van der Waals surface area contributed by atoms with Gasteiger partial charge in [0, 0.05) is 18.6 Å². The number of nitriles is 1. The van der Waals surface area contributed by atoms with Gasteiger partial charge in [-0.2, -0.15) is 18.4 Å². The second-order valence-corrected chi connectivity index (χ2v) is 8.13. The van der Waals surface area contributed by atoms with E-state index in [0.717, 1.165) is 30.3 Å². The summed E-state index contributed by atoms with van der Waals surface area (Å²) in [6.07, 6.45) is -2.08. The van der Waals surface area contributed by atoms with Crippen molar-refractivity contribution in [2.75, 3.05) is 14.2 Å². The van der Waals surface area contributed by atoms with Crippen LogP contribution in [-0.4, -0.2) is 35.7 Å². The van der Waals surface area contributed by atoms with Gasteiger partial charge in [-0.25, -0.2) is 4.98 Å². The minimum atomic E-state index is -4.44. The van der Waals surface area contributed by atoms with Crippen molar-refractivity contribution in [3.63, 3.8) is 0 Å². The van der Waals surface area contributed by atoms with E-state index in [-0.39, 0.29) is 17.1 Å². The van der Waals surface area contributed by atoms with Gasteiger partial charge in [0.25, 0.3) is 0 Å². The molecule has 0 atom stereocenters. The molecule has 33 heavy (non-hydrogen) atoms. The fourth-order valence-corrected chi connectivity index (χ4v) is 4.20. The summed E-state index contributed by atoms with van der Waals surface area (Å²) in [7, 11) is 2.69. The Morgan fingerprint density at radius 2 is 1.85 bits per heavy atom. The first kappa shape index (κ1) is 22.6. The maximum absolute atomic E-state index is 12.6. The number of ether oxygens (including phenoxy) is 2. The van der Waals surface area contributed by atoms with Gasteiger partial charge in [0.1, 0.15) is 23.4 Å². The van der Waals surface area contributed by atoms with Crippen molar-refractivity contribution < 1.29 is 27.4 Å². The van der Waals surface area contributed by atoms with Gasteiger partial charge in [0.2, 0.25) is 0 Å². The summed E-state index contributed by atoms with van der Waals surface area (Å²) in [6.45, 7) is 0. The van der Waals surface area contributed by atoms with Crippen LogP contribution in [0.2, 0.25) is 0 Å². The summed E-state index contributed by atoms with van der Waals surface area (Å²) in [5.41, 5.74) is 2.51. The van der Waals surface area contributed by atoms with Gasteiger partial charge < -0.3 is 9.47 Å². The average molecular weight is 457 g/mol. The number of imidazole rings is 1. The van der Waals surface area contributed by atoms with Crippen LogP contribution in [-0.2, 0) is 5.41 Å². The molecule has 0 radical (unpaired) electrons. The standard InChI is InChI=1S/C24H22F3N3O3/c1-32-20-11-16(12-21(33-2)22(20)19(31)6-9-24(25,26)27)30-14-29-17-10-15(4-5-18(17)30)23(13-28)7-3-8-23/h4-5,10-12,14H,3,6-9H2,1-2H3. The van der Waals surface area contributed by atoms with Crippen LogP contribution >= 0.6 is 0 Å². The molecule has 172 valence electrons. The Bertz CT molecular complexity index is 1230. The van der Waals surface area contributed by atoms with Crippen molar-refractivity contribution in [2.24, 2.45) is 0 Å². The third kappa shape index (κ3) is 4.13. The van der Waals surface area contributed by atoms with Gasteiger partial charge in [-0.05, 0) is 37.0 Å². The number of hydrogen-bond acceptors (Lipinski definition) is 5. The number of rotatable bonds is 7. The summed E-state index contributed by atoms with van der Waals surface area (Å²) in [5.74, 6) is -0.476. The van der Waals surface area contributed by atoms with E-state index < -0.39 is 30.2 Å². The fraction of sp³-hybridized carbons (Fsp3) is 0.375. The Morgan fingerprint density at radius 1 is 1.18 bits per heavy atom. The molecule has 1 fully saturated rings. The Morgan fingerprint density at radius 3 is 2.36 bits per heavy atom. The van der Waals surface area contributed by atoms with Crippen LogP contribution in [0.3, 0.4) is 0 Å². The van der Waals surface area contributed by atoms with E-state index >= 15 is 0 Å². The zero-order chi connectivity index (χ0) is 23.8. The van der Waals surface area contributed by atoms with Crippen LogP contribution in [0.25, 0.3) is 16.7 Å². The predicted octanol–water partition coefficient (Wildman–Crippen LogP) is 5.51. The monoisotopic (exact) mass is 457 g/mol. The number of alkyl halides is 3. The van der Waals surface area contributed by atoms with Crippen LogP contribution in [0, 0.1) is 11.3 Å². The van der Waals surface area contributed by atoms with Crippen molar-refractivity contribution in [3.8, 4) is 23.3 Å². The molecule has 0 unspecified atom stereocenters. The number of fused-ring (bicyclic) bond motifs is 1. The van der Waals surface area contributed by atoms with Crippen LogP contribution in [0.1, 0.15) is 48.0 Å². The molecule has 0 N–H and O–H groups in total. The largest absolute Gasteiger partial charge is 0.496 e. The number of hydrogen-bond donors (Lipinski definition) is 0. The molecular formula is C24H22F3N3O3. The van der Waals surface area contributed by atoms with Crippen LogP contribution < -0.4 is 9.47 Å². The van der Waals surface area contributed by atoms with E-state index in [2.05, 4.69) is 11.1 Å². The molecule has 0 saturated heterocycles. The van der Waals surface area contributed by atoms with Crippen LogP contribution in [0.5, 0.6) is 11.5 Å². The number of benzene rings is 2. The molecule has 1 heterocycles. The van der Waals surface area contributed by atoms with Crippen molar-refractivity contribution >= 4 is 16.8 Å². The molecule has 0 bridgehead atoms. The second kappa shape index (κ2) is 8.43. The average Bonchev–Trinajstić information content (AvgIpc) is 3.19. The smallest absolute Gasteiger partial charge is 0.389 e. The number of aromatic nitrogens is 2. The molecule has 4 rings (SSSR count). The molecule has 1 aliphatic carbocycles. The van der Waals surface area contributed by atoms with Gasteiger partial charge >= 0.3 is 6.18 Å². The normalized spacial score (nSPS) is 15.0. The zero-order valence-corrected chi connectivity index (χ0v) is 18.2. The molecule has 1 aliphatic rings. The van der Waals surface area contributed by atoms with Crippen molar-refractivity contribution in [2.45, 2.75) is 43.7 Å². The minimum Gasteiger partial charge on any atom is -0.496 e. The third-order valence-electron chi connectivity index (χ3n) is 6.20. The van der Waals surface area contributed by atoms with Crippen molar-refractivity contribution in [3.05, 3.63) is 47.8 Å². The summed E-state index contributed by atoms with van der Waals surface area (Å²) >= 11 is 0. The number of Topliss-reactive ketones (excluding diaryl/α,β-unsaturated/α-hetero) is 1. The Hall–Kier alpha value is -3.54. The minimum absolute atomic E-state index is 0.0272. The maximum Gasteiger partial charge on any atom is 0.389 e. The van der Waals surface area contributed by atoms with E-state index in [4.69, 9.17) is 9.47 Å². The van der Waals surface area contributed by atoms with Crippen molar-refractivity contribution in [1.29, 1.82) is 5.26 Å². The lowest BCUT2D eigenvalue weighted by atomic mass is 9.65. The molecule has 1 saturated carbocycles. The Kier molecular flexibility index (Phi) is 5.78. The van der Waals surface area contributed by atoms with Crippen LogP contribution in [0.15, 0.2) is 36.7 Å². The quantitative estimate of drug-likeness (QED) is 0.437. The Labute approximate surface area is 188 Å². The maximum atomic E-state index is 12.6. The first-order valence-corrected chi connectivity index (χ1v) is 10.5. The van der Waals surface area contributed by atoms with Gasteiger partial charge in [0.15, 0.2) is 5.78 Å². The lowest BCUT2D eigenvalue weighted by molar-refractivity contribution is -0.133. The third-order valence-corrected chi connectivity index (χ3v) is 6.20. The number of methoxy groups -OCH3 is 2. The van der Waals surface area contributed by atoms with E-state index in [1.165, 1.54) is 14.2 Å². The lowest BCUT2D eigenvalue weighted by Gasteiger charge is -2.35. The highest BCUT2D eigenvalue weighted by atomic mass is 19.4. The SMILES string of the molecule is COc1cc(-n2cnc3cc(C4(C#N)CCC4)ccc32)cc(OC)c1C(=O)CCC(F)(F)F. The highest BCUT2D eigenvalue weighted by Crippen LogP contribution is 2.44. The molecule has 0 spiro atoms. The molecule has 9 heteroatoms. The molecule has 0 aliphatic heterocycles. The molecule has 3 aromatic rings. The molecular weight excluding hydrogens is 435 g/mol. The predicted molar refractivity (Wildman–Crippen MR) is 115 cm³/mol. The van der Waals surface area contributed by atoms with Gasteiger partial charge in [-0.1, -0.05) is 6.07 Å². The summed E-state index contributed by atoms with van der Waals surface area (Å²) in [5, 5.41) is 9.62. The number of carbonyl (C=O) groups is 1. The van der Waals surface area contributed by atoms with E-state index in [1.807, 2.05) is 18.2 Å². The number of nitrogens with zero attached hydrogens (tertiary/aromatic N) is 3. The molecule has 0 amide bonds. The summed E-state index contributed by atoms with van der Waals surface area (Å²) in [4.78, 5) is 17.0. The second-order valence-electron chi connectivity index (χ2n) is 8.13. The van der Waals surface area contributed by atoms with Gasteiger partial charge in [-0.15, -0.1) is 0 Å². The molecule has 6 nitrogen and oxygen atoms in total. The topological polar surface area (TPSA) is 77.1 Å². The van der Waals surface area contributed by atoms with Crippen molar-refractivity contribution in [1.82, 2.24) is 9.55 Å². The van der Waals surface area contributed by atoms with E-state index in [9.17, 15) is 23.2 Å². The zero-order valence-electron chi connectivity index (χ0n) is 18.2. The number of halogens is 3. The lowest BCUT2D eigenvalue weighted by Crippen LogP contribution is -2.32. The number of ketones is 1.